The molecule has 0 aliphatic carbocycles. The first-order valence-corrected chi connectivity index (χ1v) is 7.61. The first-order chi connectivity index (χ1) is 10.9. The molecule has 1 aromatic rings. The van der Waals surface area contributed by atoms with E-state index in [0.717, 1.165) is 10.5 Å². The van der Waals surface area contributed by atoms with Crippen molar-refractivity contribution < 1.29 is 23.8 Å². The van der Waals surface area contributed by atoms with Gasteiger partial charge in [-0.05, 0) is 26.3 Å². The average molecular weight is 321 g/mol. The number of nitrogens with zero attached hydrogens (tertiary/aromatic N) is 1. The summed E-state index contributed by atoms with van der Waals surface area (Å²) < 4.78 is 16.2. The van der Waals surface area contributed by atoms with E-state index in [1.165, 1.54) is 0 Å². The van der Waals surface area contributed by atoms with Crippen molar-refractivity contribution in [2.75, 3.05) is 19.8 Å². The molecule has 126 valence electrons. The molecule has 0 saturated carbocycles. The Morgan fingerprint density at radius 2 is 2.00 bits per heavy atom. The van der Waals surface area contributed by atoms with Gasteiger partial charge in [-0.1, -0.05) is 30.3 Å². The highest BCUT2D eigenvalue weighted by Crippen LogP contribution is 2.16. The molecule has 1 aromatic carbocycles. The van der Waals surface area contributed by atoms with E-state index in [2.05, 4.69) is 0 Å². The zero-order valence-corrected chi connectivity index (χ0v) is 13.8. The van der Waals surface area contributed by atoms with Crippen molar-refractivity contribution in [3.63, 3.8) is 0 Å². The lowest BCUT2D eigenvalue weighted by Gasteiger charge is -2.34. The Morgan fingerprint density at radius 3 is 2.65 bits per heavy atom. The number of rotatable bonds is 4. The zero-order valence-electron chi connectivity index (χ0n) is 13.8. The molecule has 0 aromatic heterocycles. The van der Waals surface area contributed by atoms with Gasteiger partial charge in [0, 0.05) is 0 Å². The molecule has 0 radical (unpaired) electrons. The highest BCUT2D eigenvalue weighted by molar-refractivity contribution is 5.93. The number of carbonyl (C=O) groups excluding carboxylic acids is 2. The summed E-state index contributed by atoms with van der Waals surface area (Å²) in [6, 6.07) is 9.22. The lowest BCUT2D eigenvalue weighted by molar-refractivity contribution is -0.149. The molecule has 1 saturated heterocycles. The summed E-state index contributed by atoms with van der Waals surface area (Å²) in [6.07, 6.45) is -0.654. The molecule has 1 atom stereocenters. The van der Waals surface area contributed by atoms with Gasteiger partial charge in [0.15, 0.2) is 0 Å². The molecule has 0 unspecified atom stereocenters. The quantitative estimate of drug-likeness (QED) is 0.852. The Morgan fingerprint density at radius 1 is 1.30 bits per heavy atom. The zero-order chi connectivity index (χ0) is 16.9. The van der Waals surface area contributed by atoms with Crippen LogP contribution in [0.5, 0.6) is 0 Å². The number of benzene rings is 1. The van der Waals surface area contributed by atoms with Crippen LogP contribution in [0.2, 0.25) is 0 Å². The molecule has 1 aliphatic heterocycles. The molecule has 1 fully saturated rings. The molecule has 0 bridgehead atoms. The van der Waals surface area contributed by atoms with E-state index in [0.29, 0.717) is 6.61 Å². The fraction of sp³-hybridized carbons (Fsp3) is 0.529. The Bertz CT molecular complexity index is 538. The van der Waals surface area contributed by atoms with E-state index < -0.39 is 23.6 Å². The van der Waals surface area contributed by atoms with Crippen LogP contribution in [-0.2, 0) is 25.6 Å². The van der Waals surface area contributed by atoms with Crippen LogP contribution in [0.25, 0.3) is 0 Å². The maximum atomic E-state index is 12.2. The van der Waals surface area contributed by atoms with Crippen LogP contribution in [0, 0.1) is 0 Å². The van der Waals surface area contributed by atoms with Crippen molar-refractivity contribution in [1.82, 2.24) is 4.90 Å². The molecule has 1 heterocycles. The first-order valence-electron chi connectivity index (χ1n) is 7.61. The van der Waals surface area contributed by atoms with Crippen LogP contribution in [0.1, 0.15) is 26.3 Å². The highest BCUT2D eigenvalue weighted by Gasteiger charge is 2.36. The molecular weight excluding hydrogens is 298 g/mol. The minimum Gasteiger partial charge on any atom is -0.443 e. The van der Waals surface area contributed by atoms with Crippen molar-refractivity contribution in [1.29, 1.82) is 0 Å². The monoisotopic (exact) mass is 321 g/mol. The van der Waals surface area contributed by atoms with Crippen LogP contribution in [0.3, 0.4) is 0 Å². The Balaban J connectivity index is 1.94. The van der Waals surface area contributed by atoms with Gasteiger partial charge in [-0.2, -0.15) is 0 Å². The Labute approximate surface area is 136 Å². The molecule has 2 amide bonds. The van der Waals surface area contributed by atoms with Gasteiger partial charge in [0.1, 0.15) is 12.2 Å². The van der Waals surface area contributed by atoms with E-state index in [-0.39, 0.29) is 19.8 Å². The minimum absolute atomic E-state index is 0.117. The van der Waals surface area contributed by atoms with Gasteiger partial charge in [0.2, 0.25) is 0 Å². The molecule has 6 nitrogen and oxygen atoms in total. The molecule has 23 heavy (non-hydrogen) atoms. The smallest absolute Gasteiger partial charge is 0.417 e. The third-order valence-electron chi connectivity index (χ3n) is 3.18. The number of ether oxygens (including phenoxy) is 3. The predicted molar refractivity (Wildman–Crippen MR) is 83.8 cm³/mol. The Kier molecular flexibility index (Phi) is 5.74. The molecule has 0 spiro atoms. The number of hydrogen-bond donors (Lipinski definition) is 0. The molecule has 6 heteroatoms. The second-order valence-electron chi connectivity index (χ2n) is 6.41. The fourth-order valence-corrected chi connectivity index (χ4v) is 2.20. The van der Waals surface area contributed by atoms with E-state index in [1.54, 1.807) is 20.8 Å². The topological polar surface area (TPSA) is 65.1 Å². The number of hydrogen-bond acceptors (Lipinski definition) is 5. The Hall–Kier alpha value is -1.92. The van der Waals surface area contributed by atoms with Gasteiger partial charge in [0.05, 0.1) is 25.9 Å². The van der Waals surface area contributed by atoms with Crippen LogP contribution >= 0.6 is 0 Å². The molecule has 2 rings (SSSR count). The van der Waals surface area contributed by atoms with Gasteiger partial charge in [-0.25, -0.2) is 9.69 Å². The predicted octanol–water partition coefficient (Wildman–Crippen LogP) is 2.37. The number of morpholine rings is 1. The average Bonchev–Trinajstić information content (AvgIpc) is 2.46. The summed E-state index contributed by atoms with van der Waals surface area (Å²) in [5.41, 5.74) is 0.366. The number of amides is 2. The van der Waals surface area contributed by atoms with Gasteiger partial charge in [0.25, 0.3) is 5.91 Å². The van der Waals surface area contributed by atoms with Gasteiger partial charge in [-0.3, -0.25) is 4.79 Å². The van der Waals surface area contributed by atoms with E-state index in [1.807, 2.05) is 30.3 Å². The summed E-state index contributed by atoms with van der Waals surface area (Å²) >= 11 is 0. The van der Waals surface area contributed by atoms with Crippen molar-refractivity contribution in [2.45, 2.75) is 39.0 Å². The number of carbonyl (C=O) groups is 2. The number of imide groups is 1. The van der Waals surface area contributed by atoms with Crippen molar-refractivity contribution >= 4 is 12.0 Å². The lowest BCUT2D eigenvalue weighted by Crippen LogP contribution is -2.55. The second-order valence-corrected chi connectivity index (χ2v) is 6.41. The summed E-state index contributed by atoms with van der Waals surface area (Å²) in [5, 5.41) is 0. The van der Waals surface area contributed by atoms with Gasteiger partial charge in [-0.15, -0.1) is 0 Å². The lowest BCUT2D eigenvalue weighted by atomic mass is 10.2. The first kappa shape index (κ1) is 17.4. The SMILES string of the molecule is CC(C)(C)OC(=O)N1C(=O)COC[C@@H]1COCc1ccccc1. The minimum atomic E-state index is -0.662. The maximum Gasteiger partial charge on any atom is 0.417 e. The normalized spacial score (nSPS) is 18.8. The molecular formula is C17H23NO5. The van der Waals surface area contributed by atoms with Crippen molar-refractivity contribution in [3.8, 4) is 0 Å². The third kappa shape index (κ3) is 5.33. The van der Waals surface area contributed by atoms with Gasteiger partial charge < -0.3 is 14.2 Å². The summed E-state index contributed by atoms with van der Waals surface area (Å²) in [7, 11) is 0. The third-order valence-corrected chi connectivity index (χ3v) is 3.18. The van der Waals surface area contributed by atoms with Crippen molar-refractivity contribution in [3.05, 3.63) is 35.9 Å². The second kappa shape index (κ2) is 7.57. The van der Waals surface area contributed by atoms with E-state index in [4.69, 9.17) is 14.2 Å². The van der Waals surface area contributed by atoms with Crippen LogP contribution in [0.15, 0.2) is 30.3 Å². The van der Waals surface area contributed by atoms with Gasteiger partial charge >= 0.3 is 6.09 Å². The highest BCUT2D eigenvalue weighted by atomic mass is 16.6. The summed E-state index contributed by atoms with van der Waals surface area (Å²) in [5.74, 6) is -0.404. The largest absolute Gasteiger partial charge is 0.443 e. The summed E-state index contributed by atoms with van der Waals surface area (Å²) in [4.78, 5) is 25.4. The standard InChI is InChI=1S/C17H23NO5/c1-17(2,3)23-16(20)18-14(11-22-12-15(18)19)10-21-9-13-7-5-4-6-8-13/h4-8,14H,9-12H2,1-3H3/t14-/m0/s1. The van der Waals surface area contributed by atoms with Crippen LogP contribution in [-0.4, -0.2) is 48.4 Å². The van der Waals surface area contributed by atoms with Crippen molar-refractivity contribution in [2.24, 2.45) is 0 Å². The van der Waals surface area contributed by atoms with Crippen LogP contribution < -0.4 is 0 Å². The summed E-state index contributed by atoms with van der Waals surface area (Å²) in [6.45, 7) is 6.03. The molecule has 0 N–H and O–H groups in total. The maximum absolute atomic E-state index is 12.2. The van der Waals surface area contributed by atoms with E-state index >= 15 is 0 Å². The van der Waals surface area contributed by atoms with Crippen LogP contribution in [0.4, 0.5) is 4.79 Å². The van der Waals surface area contributed by atoms with E-state index in [9.17, 15) is 9.59 Å². The molecule has 1 aliphatic rings. The fourth-order valence-electron chi connectivity index (χ4n) is 2.20.